The maximum absolute atomic E-state index is 8.99. The number of aliphatic hydroxyl groups is 1. The highest BCUT2D eigenvalue weighted by molar-refractivity contribution is 7.00. The van der Waals surface area contributed by atoms with E-state index in [1.165, 1.54) is 0 Å². The second-order valence-electron chi connectivity index (χ2n) is 14.4. The molecule has 15 heteroatoms. The van der Waals surface area contributed by atoms with Crippen molar-refractivity contribution < 1.29 is 57.2 Å². The van der Waals surface area contributed by atoms with Crippen LogP contribution >= 0.6 is 11.7 Å². The topological polar surface area (TPSA) is 148 Å². The standard InChI is InChI=1S/C51H54N2O12S/c54-20-3-21-61-43-16-9-39(10-17-43)8-11-40-12-13-41(51-50(40)52-66-53-51)14-15-42-38-44-18-19-47(42)63-35-31-58-27-23-56-25-29-60-33-37-65-49-7-2-4-45-46(49)5-1-6-48(45)64-36-32-59-28-24-55-22-26-57-30-34-62-44/h1-2,4-7,9-10,12-13,16-19,38,54H,3,20-37H2. The Labute approximate surface area is 389 Å². The Balaban J connectivity index is 0.943. The van der Waals surface area contributed by atoms with Gasteiger partial charge >= 0.3 is 0 Å². The Hall–Kier alpha value is -5.98. The zero-order valence-electron chi connectivity index (χ0n) is 36.8. The zero-order chi connectivity index (χ0) is 45.3. The number of nitrogens with zero attached hydrogens (tertiary/aromatic N) is 2. The monoisotopic (exact) mass is 918 g/mol. The van der Waals surface area contributed by atoms with Gasteiger partial charge in [-0.2, -0.15) is 8.75 Å². The third-order valence-corrected chi connectivity index (χ3v) is 10.3. The number of hydrogen-bond donors (Lipinski definition) is 1. The minimum Gasteiger partial charge on any atom is -0.494 e. The zero-order valence-corrected chi connectivity index (χ0v) is 37.7. The molecular weight excluding hydrogens is 865 g/mol. The summed E-state index contributed by atoms with van der Waals surface area (Å²) in [6.07, 6.45) is 0.578. The van der Waals surface area contributed by atoms with Crippen LogP contribution in [0.15, 0.2) is 91.0 Å². The number of aliphatic hydroxyl groups excluding tert-OH is 1. The molecule has 0 amide bonds. The molecule has 0 aliphatic carbocycles. The van der Waals surface area contributed by atoms with Crippen LogP contribution in [0.25, 0.3) is 21.8 Å². The fourth-order valence-corrected chi connectivity index (χ4v) is 7.07. The molecule has 1 N–H and O–H groups in total. The van der Waals surface area contributed by atoms with Crippen molar-refractivity contribution in [3.8, 4) is 52.4 Å². The average Bonchev–Trinajstić information content (AvgIpc) is 3.85. The van der Waals surface area contributed by atoms with E-state index >= 15 is 0 Å². The van der Waals surface area contributed by atoms with Crippen LogP contribution in [0.1, 0.15) is 28.7 Å². The maximum Gasteiger partial charge on any atom is 0.135 e. The van der Waals surface area contributed by atoms with Gasteiger partial charge in [0.25, 0.3) is 0 Å². The summed E-state index contributed by atoms with van der Waals surface area (Å²) in [7, 11) is 0. The van der Waals surface area contributed by atoms with Gasteiger partial charge in [-0.3, -0.25) is 0 Å². The largest absolute Gasteiger partial charge is 0.494 e. The smallest absolute Gasteiger partial charge is 0.135 e. The highest BCUT2D eigenvalue weighted by atomic mass is 32.1. The van der Waals surface area contributed by atoms with Crippen molar-refractivity contribution >= 4 is 33.5 Å². The number of fused-ring (bicyclic) bond motifs is 27. The summed E-state index contributed by atoms with van der Waals surface area (Å²) in [6.45, 7) is 7.01. The summed E-state index contributed by atoms with van der Waals surface area (Å²) in [5.74, 6) is 16.5. The Morgan fingerprint density at radius 2 is 0.939 bits per heavy atom. The van der Waals surface area contributed by atoms with Crippen molar-refractivity contribution in [3.63, 3.8) is 0 Å². The van der Waals surface area contributed by atoms with E-state index in [0.717, 1.165) is 50.9 Å². The van der Waals surface area contributed by atoms with Gasteiger partial charge in [0.1, 0.15) is 66.2 Å². The summed E-state index contributed by atoms with van der Waals surface area (Å²) in [5, 5.41) is 10.9. The molecule has 0 unspecified atom stereocenters. The number of aromatic nitrogens is 2. The first-order valence-corrected chi connectivity index (χ1v) is 22.7. The fraction of sp³-hybridized carbons (Fsp3) is 0.373. The predicted octanol–water partition coefficient (Wildman–Crippen LogP) is 6.73. The predicted molar refractivity (Wildman–Crippen MR) is 250 cm³/mol. The highest BCUT2D eigenvalue weighted by Gasteiger charge is 2.11. The molecule has 0 fully saturated rings. The van der Waals surface area contributed by atoms with Crippen LogP contribution in [0.4, 0.5) is 0 Å². The second kappa shape index (κ2) is 27.5. The molecule has 0 saturated carbocycles. The number of rotatable bonds is 4. The van der Waals surface area contributed by atoms with E-state index in [4.69, 9.17) is 57.2 Å². The SMILES string of the molecule is OCCCOc1ccc(C#Cc2ccc(C#Cc3cc4ccc3OCCOCCOCCOCCOc3cccc5c(cccc35)OCCOCCOCCOCCO4)c3nsnc23)cc1. The summed E-state index contributed by atoms with van der Waals surface area (Å²) in [6, 6.07) is 28.7. The van der Waals surface area contributed by atoms with E-state index in [0.29, 0.717) is 152 Å². The fourth-order valence-electron chi connectivity index (χ4n) is 6.49. The highest BCUT2D eigenvalue weighted by Crippen LogP contribution is 2.32. The van der Waals surface area contributed by atoms with Gasteiger partial charge < -0.3 is 57.2 Å². The number of benzene rings is 5. The molecule has 6 bridgehead atoms. The molecule has 2 aliphatic heterocycles. The van der Waals surface area contributed by atoms with E-state index in [-0.39, 0.29) is 6.61 Å². The van der Waals surface area contributed by atoms with Crippen LogP contribution in [0, 0.1) is 23.7 Å². The lowest BCUT2D eigenvalue weighted by Gasteiger charge is -2.13. The quantitative estimate of drug-likeness (QED) is 0.113. The molecule has 3 heterocycles. The van der Waals surface area contributed by atoms with Gasteiger partial charge in [0.2, 0.25) is 0 Å². The lowest BCUT2D eigenvalue weighted by molar-refractivity contribution is 0.00483. The average molecular weight is 919 g/mol. The first-order valence-electron chi connectivity index (χ1n) is 22.0. The van der Waals surface area contributed by atoms with Crippen molar-refractivity contribution in [2.45, 2.75) is 6.42 Å². The Morgan fingerprint density at radius 3 is 1.47 bits per heavy atom. The summed E-state index contributed by atoms with van der Waals surface area (Å²) >= 11 is 1.11. The van der Waals surface area contributed by atoms with Gasteiger partial charge in [-0.15, -0.1) is 0 Å². The number of hydrogen-bond acceptors (Lipinski definition) is 15. The maximum atomic E-state index is 8.99. The van der Waals surface area contributed by atoms with Gasteiger partial charge in [-0.05, 0) is 66.7 Å². The summed E-state index contributed by atoms with van der Waals surface area (Å²) in [4.78, 5) is 0. The van der Waals surface area contributed by atoms with Gasteiger partial charge in [-0.1, -0.05) is 47.9 Å². The van der Waals surface area contributed by atoms with Crippen molar-refractivity contribution in [1.29, 1.82) is 0 Å². The minimum absolute atomic E-state index is 0.0903. The molecule has 6 aromatic rings. The van der Waals surface area contributed by atoms with E-state index in [2.05, 4.69) is 32.4 Å². The lowest BCUT2D eigenvalue weighted by atomic mass is 10.1. The molecule has 1 aromatic heterocycles. The second-order valence-corrected chi connectivity index (χ2v) is 14.9. The molecular formula is C51H54N2O12S. The van der Waals surface area contributed by atoms with Crippen LogP contribution in [0.2, 0.25) is 0 Å². The van der Waals surface area contributed by atoms with Gasteiger partial charge in [0.05, 0.1) is 114 Å². The van der Waals surface area contributed by atoms with Crippen LogP contribution in [-0.4, -0.2) is 133 Å². The molecule has 346 valence electrons. The Bertz CT molecular complexity index is 2530. The van der Waals surface area contributed by atoms with Crippen LogP contribution in [0.3, 0.4) is 0 Å². The lowest BCUT2D eigenvalue weighted by Crippen LogP contribution is -2.14. The van der Waals surface area contributed by atoms with E-state index in [1.807, 2.05) is 91.0 Å². The molecule has 8 rings (SSSR count). The molecule has 0 radical (unpaired) electrons. The minimum atomic E-state index is 0.0903. The summed E-state index contributed by atoms with van der Waals surface area (Å²) in [5.41, 5.74) is 4.27. The molecule has 0 spiro atoms. The molecule has 2 aliphatic rings. The molecule has 66 heavy (non-hydrogen) atoms. The number of ether oxygens (including phenoxy) is 11. The van der Waals surface area contributed by atoms with Gasteiger partial charge in [0.15, 0.2) is 0 Å². The van der Waals surface area contributed by atoms with Crippen molar-refractivity contribution in [2.24, 2.45) is 0 Å². The molecule has 5 aromatic carbocycles. The third-order valence-electron chi connectivity index (χ3n) is 9.75. The Kier molecular flexibility index (Phi) is 20.0. The third kappa shape index (κ3) is 15.3. The van der Waals surface area contributed by atoms with Crippen LogP contribution < -0.4 is 23.7 Å². The van der Waals surface area contributed by atoms with Crippen molar-refractivity contribution in [3.05, 3.63) is 113 Å². The molecule has 14 nitrogen and oxygen atoms in total. The van der Waals surface area contributed by atoms with Gasteiger partial charge in [-0.25, -0.2) is 0 Å². The van der Waals surface area contributed by atoms with Crippen molar-refractivity contribution in [2.75, 3.05) is 119 Å². The van der Waals surface area contributed by atoms with E-state index in [1.54, 1.807) is 0 Å². The van der Waals surface area contributed by atoms with Crippen LogP contribution in [0.5, 0.6) is 28.7 Å². The van der Waals surface area contributed by atoms with Gasteiger partial charge in [0, 0.05) is 29.4 Å². The first-order chi connectivity index (χ1) is 32.7. The molecule has 0 atom stereocenters. The van der Waals surface area contributed by atoms with Crippen LogP contribution in [-0.2, 0) is 28.4 Å². The first kappa shape index (κ1) is 48.0. The van der Waals surface area contributed by atoms with E-state index < -0.39 is 0 Å². The Morgan fingerprint density at radius 1 is 0.470 bits per heavy atom. The van der Waals surface area contributed by atoms with Crippen molar-refractivity contribution in [1.82, 2.24) is 8.75 Å². The summed E-state index contributed by atoms with van der Waals surface area (Å²) < 4.78 is 73.4. The normalized spacial score (nSPS) is 15.7. The van der Waals surface area contributed by atoms with E-state index in [9.17, 15) is 0 Å². The molecule has 0 saturated heterocycles.